The lowest BCUT2D eigenvalue weighted by Gasteiger charge is -2.10. The molecular weight excluding hydrogens is 315 g/mol. The van der Waals surface area contributed by atoms with Gasteiger partial charge in [-0.1, -0.05) is 35.3 Å². The lowest BCUT2D eigenvalue weighted by molar-refractivity contribution is -0.386. The second-order valence-corrected chi connectivity index (χ2v) is 5.07. The average Bonchev–Trinajstić information content (AvgIpc) is 2.46. The van der Waals surface area contributed by atoms with Crippen LogP contribution in [0.4, 0.5) is 5.69 Å². The smallest absolute Gasteiger partial charge is 0.311 e. The summed E-state index contributed by atoms with van der Waals surface area (Å²) in [4.78, 5) is 10.6. The third-order valence-electron chi connectivity index (χ3n) is 2.89. The Kier molecular flexibility index (Phi) is 5.01. The highest BCUT2D eigenvalue weighted by atomic mass is 35.5. The molecule has 2 aromatic rings. The van der Waals surface area contributed by atoms with E-state index in [0.717, 1.165) is 0 Å². The van der Waals surface area contributed by atoms with Gasteiger partial charge in [-0.05, 0) is 23.8 Å². The van der Waals surface area contributed by atoms with E-state index in [1.165, 1.54) is 12.1 Å². The quantitative estimate of drug-likeness (QED) is 0.666. The minimum atomic E-state index is -0.511. The Balaban J connectivity index is 2.26. The first-order valence-electron chi connectivity index (χ1n) is 6.06. The molecule has 0 saturated heterocycles. The lowest BCUT2D eigenvalue weighted by Crippen LogP contribution is -2.02. The van der Waals surface area contributed by atoms with Crippen molar-refractivity contribution < 1.29 is 9.66 Å². The molecule has 21 heavy (non-hydrogen) atoms. The molecule has 110 valence electrons. The van der Waals surface area contributed by atoms with Crippen molar-refractivity contribution in [2.45, 2.75) is 13.2 Å². The minimum Gasteiger partial charge on any atom is -0.482 e. The molecule has 5 nitrogen and oxygen atoms in total. The second-order valence-electron chi connectivity index (χ2n) is 4.25. The molecule has 0 aliphatic rings. The molecule has 0 aromatic heterocycles. The van der Waals surface area contributed by atoms with Crippen LogP contribution in [0.3, 0.4) is 0 Å². The number of ether oxygens (including phenoxy) is 1. The topological polar surface area (TPSA) is 78.4 Å². The van der Waals surface area contributed by atoms with Crippen molar-refractivity contribution in [2.24, 2.45) is 5.73 Å². The first kappa shape index (κ1) is 15.6. The zero-order valence-electron chi connectivity index (χ0n) is 10.9. The predicted octanol–water partition coefficient (Wildman–Crippen LogP) is 3.94. The molecule has 0 aliphatic carbocycles. The van der Waals surface area contributed by atoms with Gasteiger partial charge in [-0.25, -0.2) is 0 Å². The first-order chi connectivity index (χ1) is 10.0. The van der Waals surface area contributed by atoms with Gasteiger partial charge >= 0.3 is 5.69 Å². The summed E-state index contributed by atoms with van der Waals surface area (Å²) in [6, 6.07) is 9.66. The van der Waals surface area contributed by atoms with Crippen LogP contribution in [-0.4, -0.2) is 4.92 Å². The number of benzene rings is 2. The zero-order chi connectivity index (χ0) is 15.4. The maximum atomic E-state index is 11.1. The summed E-state index contributed by atoms with van der Waals surface area (Å²) in [6.45, 7) is 0.263. The van der Waals surface area contributed by atoms with Gasteiger partial charge in [-0.2, -0.15) is 0 Å². The van der Waals surface area contributed by atoms with E-state index >= 15 is 0 Å². The standard InChI is InChI=1S/C14H12Cl2N2O3/c15-11-2-1-3-12(16)10(11)8-21-14-5-4-9(7-17)6-13(14)18(19)20/h1-6H,7-8,17H2. The number of rotatable bonds is 5. The van der Waals surface area contributed by atoms with Gasteiger partial charge in [-0.15, -0.1) is 0 Å². The van der Waals surface area contributed by atoms with Gasteiger partial charge in [0.15, 0.2) is 5.75 Å². The number of hydrogen-bond donors (Lipinski definition) is 1. The summed E-state index contributed by atoms with van der Waals surface area (Å²) in [5.41, 5.74) is 6.58. The van der Waals surface area contributed by atoms with E-state index in [4.69, 9.17) is 33.7 Å². The SMILES string of the molecule is NCc1ccc(OCc2c(Cl)cccc2Cl)c([N+](=O)[O-])c1. The maximum Gasteiger partial charge on any atom is 0.311 e. The largest absolute Gasteiger partial charge is 0.482 e. The number of nitrogens with zero attached hydrogens (tertiary/aromatic N) is 1. The monoisotopic (exact) mass is 326 g/mol. The first-order valence-corrected chi connectivity index (χ1v) is 6.81. The fourth-order valence-electron chi connectivity index (χ4n) is 1.77. The minimum absolute atomic E-state index is 0.0430. The Morgan fingerprint density at radius 1 is 1.19 bits per heavy atom. The van der Waals surface area contributed by atoms with E-state index < -0.39 is 4.92 Å². The third kappa shape index (κ3) is 3.64. The van der Waals surface area contributed by atoms with Crippen molar-refractivity contribution in [1.82, 2.24) is 0 Å². The van der Waals surface area contributed by atoms with Crippen LogP contribution in [0.2, 0.25) is 10.0 Å². The Morgan fingerprint density at radius 2 is 1.86 bits per heavy atom. The summed E-state index contributed by atoms with van der Waals surface area (Å²) in [5.74, 6) is 0.146. The molecule has 0 aliphatic heterocycles. The summed E-state index contributed by atoms with van der Waals surface area (Å²) < 4.78 is 5.49. The molecule has 2 N–H and O–H groups in total. The van der Waals surface area contributed by atoms with E-state index in [9.17, 15) is 10.1 Å². The van der Waals surface area contributed by atoms with Gasteiger partial charge in [-0.3, -0.25) is 10.1 Å². The van der Waals surface area contributed by atoms with E-state index in [-0.39, 0.29) is 24.6 Å². The van der Waals surface area contributed by atoms with Crippen molar-refractivity contribution in [3.63, 3.8) is 0 Å². The highest BCUT2D eigenvalue weighted by molar-refractivity contribution is 6.35. The Labute approximate surface area is 131 Å². The Morgan fingerprint density at radius 3 is 2.43 bits per heavy atom. The van der Waals surface area contributed by atoms with E-state index in [1.54, 1.807) is 24.3 Å². The molecule has 0 bridgehead atoms. The highest BCUT2D eigenvalue weighted by Gasteiger charge is 2.17. The summed E-state index contributed by atoms with van der Waals surface area (Å²) >= 11 is 12.1. The van der Waals surface area contributed by atoms with Crippen LogP contribution in [-0.2, 0) is 13.2 Å². The second kappa shape index (κ2) is 6.76. The number of halogens is 2. The van der Waals surface area contributed by atoms with Gasteiger partial charge in [0.2, 0.25) is 0 Å². The van der Waals surface area contributed by atoms with Crippen LogP contribution < -0.4 is 10.5 Å². The molecule has 2 rings (SSSR count). The lowest BCUT2D eigenvalue weighted by atomic mass is 10.2. The molecule has 0 saturated carbocycles. The molecule has 2 aromatic carbocycles. The van der Waals surface area contributed by atoms with Crippen molar-refractivity contribution in [2.75, 3.05) is 0 Å². The fourth-order valence-corrected chi connectivity index (χ4v) is 2.28. The fraction of sp³-hybridized carbons (Fsp3) is 0.143. The van der Waals surface area contributed by atoms with Gasteiger partial charge < -0.3 is 10.5 Å². The molecule has 0 spiro atoms. The molecular formula is C14H12Cl2N2O3. The van der Waals surface area contributed by atoms with Crippen LogP contribution in [0.5, 0.6) is 5.75 Å². The van der Waals surface area contributed by atoms with Crippen LogP contribution in [0.25, 0.3) is 0 Å². The molecule has 0 heterocycles. The molecule has 0 fully saturated rings. The van der Waals surface area contributed by atoms with Crippen molar-refractivity contribution >= 4 is 28.9 Å². The van der Waals surface area contributed by atoms with Crippen molar-refractivity contribution in [3.8, 4) is 5.75 Å². The summed E-state index contributed by atoms with van der Waals surface area (Å²) in [6.07, 6.45) is 0. The van der Waals surface area contributed by atoms with Gasteiger partial charge in [0.1, 0.15) is 6.61 Å². The van der Waals surface area contributed by atoms with Crippen LogP contribution in [0.15, 0.2) is 36.4 Å². The van der Waals surface area contributed by atoms with Crippen LogP contribution >= 0.6 is 23.2 Å². The predicted molar refractivity (Wildman–Crippen MR) is 81.8 cm³/mol. The number of nitro benzene ring substituents is 1. The van der Waals surface area contributed by atoms with Crippen LogP contribution in [0.1, 0.15) is 11.1 Å². The molecule has 0 atom stereocenters. The third-order valence-corrected chi connectivity index (χ3v) is 3.60. The summed E-state index contributed by atoms with van der Waals surface area (Å²) in [7, 11) is 0. The number of nitro groups is 1. The maximum absolute atomic E-state index is 11.1. The molecule has 0 radical (unpaired) electrons. The van der Waals surface area contributed by atoms with Crippen molar-refractivity contribution in [1.29, 1.82) is 0 Å². The molecule has 0 amide bonds. The number of nitrogens with two attached hydrogens (primary N) is 1. The van der Waals surface area contributed by atoms with Gasteiger partial charge in [0, 0.05) is 28.2 Å². The average molecular weight is 327 g/mol. The van der Waals surface area contributed by atoms with Gasteiger partial charge in [0.05, 0.1) is 4.92 Å². The summed E-state index contributed by atoms with van der Waals surface area (Å²) in [5, 5.41) is 12.0. The Bertz CT molecular complexity index is 657. The normalized spacial score (nSPS) is 10.4. The van der Waals surface area contributed by atoms with E-state index in [2.05, 4.69) is 0 Å². The highest BCUT2D eigenvalue weighted by Crippen LogP contribution is 2.31. The van der Waals surface area contributed by atoms with E-state index in [1.807, 2.05) is 0 Å². The van der Waals surface area contributed by atoms with Crippen LogP contribution in [0, 0.1) is 10.1 Å². The Hall–Kier alpha value is -1.82. The number of hydrogen-bond acceptors (Lipinski definition) is 4. The van der Waals surface area contributed by atoms with Gasteiger partial charge in [0.25, 0.3) is 0 Å². The molecule has 0 unspecified atom stereocenters. The van der Waals surface area contributed by atoms with E-state index in [0.29, 0.717) is 21.2 Å². The molecule has 7 heteroatoms. The van der Waals surface area contributed by atoms with Crippen molar-refractivity contribution in [3.05, 3.63) is 67.7 Å². The zero-order valence-corrected chi connectivity index (χ0v) is 12.4.